The van der Waals surface area contributed by atoms with Crippen molar-refractivity contribution in [1.29, 1.82) is 0 Å². The Hall–Kier alpha value is -2.46. The molecule has 0 saturated carbocycles. The maximum absolute atomic E-state index is 13.0. The quantitative estimate of drug-likeness (QED) is 0.404. The van der Waals surface area contributed by atoms with Crippen LogP contribution in [0.5, 0.6) is 5.75 Å². The van der Waals surface area contributed by atoms with Crippen molar-refractivity contribution in [1.82, 2.24) is 25.3 Å². The highest BCUT2D eigenvalue weighted by Crippen LogP contribution is 2.32. The number of likely N-dealkylation sites (N-methyl/N-ethyl adjacent to an activating group) is 1. The number of nitrogens with one attached hydrogen (secondary N) is 2. The van der Waals surface area contributed by atoms with Crippen LogP contribution in [0.15, 0.2) is 30.5 Å². The summed E-state index contributed by atoms with van der Waals surface area (Å²) < 4.78 is 8.25. The third-order valence-corrected chi connectivity index (χ3v) is 7.27. The molecule has 3 atom stereocenters. The van der Waals surface area contributed by atoms with Crippen molar-refractivity contribution in [2.24, 2.45) is 5.92 Å². The fourth-order valence-electron chi connectivity index (χ4n) is 5.21. The normalized spacial score (nSPS) is 22.3. The van der Waals surface area contributed by atoms with Gasteiger partial charge in [0.15, 0.2) is 0 Å². The van der Waals surface area contributed by atoms with Gasteiger partial charge in [-0.2, -0.15) is 5.10 Å². The number of hydrogen-bond donors (Lipinski definition) is 4. The number of benzene rings is 1. The first-order valence-electron chi connectivity index (χ1n) is 12.8. The minimum Gasteiger partial charge on any atom is -0.493 e. The molecule has 9 nitrogen and oxygen atoms in total. The van der Waals surface area contributed by atoms with Gasteiger partial charge in [-0.3, -0.25) is 14.4 Å². The highest BCUT2D eigenvalue weighted by molar-refractivity contribution is 5.82. The maximum atomic E-state index is 13.0. The van der Waals surface area contributed by atoms with Crippen molar-refractivity contribution < 1.29 is 19.7 Å². The van der Waals surface area contributed by atoms with Crippen LogP contribution in [-0.2, 0) is 11.3 Å². The number of β-amino-alcohol motifs (C(OH)–C–C–N with tert-alkyl or cyclic N) is 1. The molecule has 2 saturated heterocycles. The Bertz CT molecular complexity index is 974. The third kappa shape index (κ3) is 6.22. The summed E-state index contributed by atoms with van der Waals surface area (Å²) in [4.78, 5) is 14.8. The molecule has 3 heterocycles. The van der Waals surface area contributed by atoms with Gasteiger partial charge in [0.2, 0.25) is 5.91 Å². The topological polar surface area (TPSA) is 112 Å². The number of amides is 1. The van der Waals surface area contributed by atoms with E-state index in [9.17, 15) is 15.0 Å². The minimum atomic E-state index is -0.604. The first-order valence-corrected chi connectivity index (χ1v) is 12.8. The summed E-state index contributed by atoms with van der Waals surface area (Å²) in [6.45, 7) is 5.71. The summed E-state index contributed by atoms with van der Waals surface area (Å²) in [5, 5.41) is 30.9. The van der Waals surface area contributed by atoms with Crippen LogP contribution in [0.2, 0.25) is 0 Å². The van der Waals surface area contributed by atoms with Crippen molar-refractivity contribution in [2.75, 3.05) is 39.9 Å². The molecule has 4 rings (SSSR count). The molecule has 2 aromatic rings. The van der Waals surface area contributed by atoms with Crippen LogP contribution < -0.4 is 15.4 Å². The van der Waals surface area contributed by atoms with Crippen LogP contribution in [0.3, 0.4) is 0 Å². The zero-order valence-corrected chi connectivity index (χ0v) is 20.8. The van der Waals surface area contributed by atoms with Crippen LogP contribution in [0.4, 0.5) is 0 Å². The lowest BCUT2D eigenvalue weighted by molar-refractivity contribution is -0.126. The predicted octanol–water partition coefficient (Wildman–Crippen LogP) is 1.55. The van der Waals surface area contributed by atoms with E-state index in [4.69, 9.17) is 4.74 Å². The molecule has 3 unspecified atom stereocenters. The van der Waals surface area contributed by atoms with Crippen LogP contribution >= 0.6 is 0 Å². The second-order valence-corrected chi connectivity index (χ2v) is 9.70. The fourth-order valence-corrected chi connectivity index (χ4v) is 5.21. The highest BCUT2D eigenvalue weighted by Gasteiger charge is 2.34. The second-order valence-electron chi connectivity index (χ2n) is 9.70. The van der Waals surface area contributed by atoms with Crippen LogP contribution in [-0.4, -0.2) is 82.8 Å². The van der Waals surface area contributed by atoms with Gasteiger partial charge in [-0.15, -0.1) is 0 Å². The molecule has 1 amide bonds. The van der Waals surface area contributed by atoms with Crippen molar-refractivity contribution in [3.63, 3.8) is 0 Å². The van der Waals surface area contributed by atoms with E-state index in [1.54, 1.807) is 6.20 Å². The van der Waals surface area contributed by atoms with E-state index in [-0.39, 0.29) is 12.5 Å². The average Bonchev–Trinajstić information content (AvgIpc) is 3.48. The Morgan fingerprint density at radius 1 is 1.31 bits per heavy atom. The summed E-state index contributed by atoms with van der Waals surface area (Å²) in [5.41, 5.74) is 2.72. The number of hydrogen-bond acceptors (Lipinski definition) is 7. The van der Waals surface area contributed by atoms with E-state index in [0.29, 0.717) is 31.2 Å². The van der Waals surface area contributed by atoms with Crippen molar-refractivity contribution in [3.8, 4) is 17.0 Å². The van der Waals surface area contributed by atoms with Gasteiger partial charge in [-0.25, -0.2) is 0 Å². The van der Waals surface area contributed by atoms with Gasteiger partial charge in [0, 0.05) is 30.4 Å². The molecular formula is C26H39N5O4. The molecule has 2 aliphatic rings. The zero-order valence-electron chi connectivity index (χ0n) is 20.8. The molecule has 0 radical (unpaired) electrons. The van der Waals surface area contributed by atoms with E-state index < -0.39 is 18.2 Å². The number of nitrogens with zero attached hydrogens (tertiary/aromatic N) is 3. The second kappa shape index (κ2) is 12.0. The third-order valence-electron chi connectivity index (χ3n) is 7.27. The van der Waals surface area contributed by atoms with Gasteiger partial charge in [-0.05, 0) is 70.8 Å². The summed E-state index contributed by atoms with van der Waals surface area (Å²) in [6.07, 6.45) is 4.94. The van der Waals surface area contributed by atoms with Gasteiger partial charge < -0.3 is 25.6 Å². The lowest BCUT2D eigenvalue weighted by Crippen LogP contribution is -2.43. The number of carbonyl (C=O) groups is 1. The van der Waals surface area contributed by atoms with Gasteiger partial charge in [0.1, 0.15) is 5.75 Å². The molecule has 35 heavy (non-hydrogen) atoms. The van der Waals surface area contributed by atoms with Crippen LogP contribution in [0.1, 0.15) is 44.2 Å². The number of rotatable bonds is 10. The number of likely N-dealkylation sites (tertiary alicyclic amines) is 1. The van der Waals surface area contributed by atoms with E-state index in [0.717, 1.165) is 55.7 Å². The molecule has 4 N–H and O–H groups in total. The van der Waals surface area contributed by atoms with E-state index >= 15 is 0 Å². The Morgan fingerprint density at radius 2 is 2.11 bits per heavy atom. The average molecular weight is 486 g/mol. The van der Waals surface area contributed by atoms with E-state index in [1.165, 1.54) is 0 Å². The lowest BCUT2D eigenvalue weighted by atomic mass is 9.95. The summed E-state index contributed by atoms with van der Waals surface area (Å²) in [5.74, 6) is 1.11. The summed E-state index contributed by atoms with van der Waals surface area (Å²) in [6, 6.07) is 6.86. The molecule has 0 aliphatic carbocycles. The number of aryl methyl sites for hydroxylation is 1. The number of aliphatic hydroxyl groups is 2. The first-order chi connectivity index (χ1) is 17.0. The zero-order chi connectivity index (χ0) is 24.8. The Labute approximate surface area is 207 Å². The van der Waals surface area contributed by atoms with Crippen molar-refractivity contribution >= 4 is 5.91 Å². The Balaban J connectivity index is 1.54. The van der Waals surface area contributed by atoms with Gasteiger partial charge in [-0.1, -0.05) is 12.1 Å². The first kappa shape index (κ1) is 25.6. The van der Waals surface area contributed by atoms with Gasteiger partial charge >= 0.3 is 0 Å². The van der Waals surface area contributed by atoms with Gasteiger partial charge in [0.05, 0.1) is 37.1 Å². The number of carbonyl (C=O) groups excluding carboxylic acids is 1. The highest BCUT2D eigenvalue weighted by atomic mass is 16.5. The van der Waals surface area contributed by atoms with Crippen molar-refractivity contribution in [3.05, 3.63) is 36.0 Å². The van der Waals surface area contributed by atoms with Crippen LogP contribution in [0, 0.1) is 5.92 Å². The molecule has 9 heteroatoms. The largest absolute Gasteiger partial charge is 0.493 e. The molecule has 192 valence electrons. The Morgan fingerprint density at radius 3 is 2.80 bits per heavy atom. The predicted molar refractivity (Wildman–Crippen MR) is 134 cm³/mol. The summed E-state index contributed by atoms with van der Waals surface area (Å²) >= 11 is 0. The smallest absolute Gasteiger partial charge is 0.238 e. The van der Waals surface area contributed by atoms with E-state index in [2.05, 4.69) is 22.7 Å². The van der Waals surface area contributed by atoms with E-state index in [1.807, 2.05) is 40.9 Å². The molecule has 1 aromatic carbocycles. The molecule has 2 fully saturated rings. The molecule has 1 aromatic heterocycles. The number of aromatic nitrogens is 2. The molecule has 0 spiro atoms. The monoisotopic (exact) mass is 485 g/mol. The number of piperidine rings is 1. The number of ether oxygens (including phenoxy) is 1. The SMILES string of the molecule is CCn1nccc1-c1ccc(C(CO)NC(=O)C2CC(O)CN2C)c(OCCC2CCNCC2)c1. The van der Waals surface area contributed by atoms with Crippen LogP contribution in [0.25, 0.3) is 11.3 Å². The number of aliphatic hydroxyl groups excluding tert-OH is 2. The standard InChI is InChI=1S/C26H39N5O4/c1-3-31-23(8-12-28-31)19-4-5-21(25(14-19)35-13-9-18-6-10-27-11-7-18)22(17-32)29-26(34)24-15-20(33)16-30(24)2/h4-5,8,12,14,18,20,22,24,27,32-33H,3,6-7,9-11,13,15-17H2,1-2H3,(H,29,34). The Kier molecular flexibility index (Phi) is 8.78. The lowest BCUT2D eigenvalue weighted by Gasteiger charge is -2.25. The van der Waals surface area contributed by atoms with Gasteiger partial charge in [0.25, 0.3) is 0 Å². The fraction of sp³-hybridized carbons (Fsp3) is 0.615. The summed E-state index contributed by atoms with van der Waals surface area (Å²) in [7, 11) is 1.83. The molecule has 0 bridgehead atoms. The minimum absolute atomic E-state index is 0.197. The molecule has 2 aliphatic heterocycles. The maximum Gasteiger partial charge on any atom is 0.238 e. The molecular weight excluding hydrogens is 446 g/mol. The van der Waals surface area contributed by atoms with Crippen molar-refractivity contribution in [2.45, 2.75) is 57.3 Å².